The number of hydrogen-bond donors (Lipinski definition) is 0. The third-order valence-corrected chi connectivity index (χ3v) is 4.68. The van der Waals surface area contributed by atoms with Gasteiger partial charge in [0.2, 0.25) is 0 Å². The number of aldehydes is 1. The van der Waals surface area contributed by atoms with Crippen LogP contribution in [0.5, 0.6) is 0 Å². The summed E-state index contributed by atoms with van der Waals surface area (Å²) in [7, 11) is 0. The molecule has 0 bridgehead atoms. The van der Waals surface area contributed by atoms with Crippen LogP contribution in [0.1, 0.15) is 59.3 Å². The van der Waals surface area contributed by atoms with Crippen molar-refractivity contribution in [3.05, 3.63) is 0 Å². The molecule has 0 N–H and O–H groups in total. The van der Waals surface area contributed by atoms with Gasteiger partial charge in [-0.3, -0.25) is 0 Å². The minimum atomic E-state index is -0.477. The molecule has 1 saturated carbocycles. The van der Waals surface area contributed by atoms with Gasteiger partial charge in [0.05, 0.1) is 0 Å². The molecular formula is C17H29NO3. The molecule has 1 amide bonds. The van der Waals surface area contributed by atoms with Gasteiger partial charge in [0.1, 0.15) is 11.9 Å². The van der Waals surface area contributed by atoms with Crippen molar-refractivity contribution in [3.8, 4) is 0 Å². The van der Waals surface area contributed by atoms with E-state index in [4.69, 9.17) is 4.74 Å². The largest absolute Gasteiger partial charge is 0.444 e. The van der Waals surface area contributed by atoms with Crippen LogP contribution in [0.3, 0.4) is 0 Å². The number of carbonyl (C=O) groups excluding carboxylic acids is 2. The molecule has 0 aromatic carbocycles. The minimum Gasteiger partial charge on any atom is -0.444 e. The first-order chi connectivity index (χ1) is 9.89. The molecule has 1 aliphatic heterocycles. The molecule has 1 saturated heterocycles. The van der Waals surface area contributed by atoms with Gasteiger partial charge < -0.3 is 14.4 Å². The average molecular weight is 295 g/mol. The maximum atomic E-state index is 12.1. The molecule has 0 aromatic rings. The van der Waals surface area contributed by atoms with Crippen LogP contribution in [0.25, 0.3) is 0 Å². The van der Waals surface area contributed by atoms with Crippen molar-refractivity contribution in [3.63, 3.8) is 0 Å². The van der Waals surface area contributed by atoms with E-state index in [1.807, 2.05) is 20.8 Å². The second kappa shape index (κ2) is 6.80. The Balaban J connectivity index is 1.90. The number of nitrogens with zero attached hydrogens (tertiary/aromatic N) is 1. The molecule has 1 aliphatic carbocycles. The Bertz CT molecular complexity index is 369. The molecule has 2 rings (SSSR count). The summed E-state index contributed by atoms with van der Waals surface area (Å²) in [6, 6.07) is 0. The summed E-state index contributed by atoms with van der Waals surface area (Å²) in [6.45, 7) is 6.82. The Kier molecular flexibility index (Phi) is 5.28. The minimum absolute atomic E-state index is 0.0144. The lowest BCUT2D eigenvalue weighted by Gasteiger charge is -2.26. The Morgan fingerprint density at radius 1 is 1.19 bits per heavy atom. The fourth-order valence-corrected chi connectivity index (χ4v) is 3.63. The lowest BCUT2D eigenvalue weighted by Crippen LogP contribution is -2.35. The van der Waals surface area contributed by atoms with E-state index in [9.17, 15) is 9.59 Å². The van der Waals surface area contributed by atoms with E-state index >= 15 is 0 Å². The molecule has 4 heteroatoms. The molecule has 0 spiro atoms. The highest BCUT2D eigenvalue weighted by molar-refractivity contribution is 5.70. The van der Waals surface area contributed by atoms with Crippen molar-refractivity contribution in [1.82, 2.24) is 4.90 Å². The van der Waals surface area contributed by atoms with Crippen molar-refractivity contribution >= 4 is 12.4 Å². The zero-order valence-electron chi connectivity index (χ0n) is 13.6. The monoisotopic (exact) mass is 295 g/mol. The standard InChI is InChI=1S/C17H29NO3/c1-17(2,3)21-16(20)18-10-14(15(11-18)12-19)9-13-7-5-4-6-8-13/h12-15H,4-11H2,1-3H3. The summed E-state index contributed by atoms with van der Waals surface area (Å²) in [5.74, 6) is 1.04. The van der Waals surface area contributed by atoms with Crippen LogP contribution in [0.2, 0.25) is 0 Å². The van der Waals surface area contributed by atoms with Crippen LogP contribution in [0, 0.1) is 17.8 Å². The Morgan fingerprint density at radius 2 is 1.86 bits per heavy atom. The number of carbonyl (C=O) groups is 2. The lowest BCUT2D eigenvalue weighted by molar-refractivity contribution is -0.111. The Morgan fingerprint density at radius 3 is 2.43 bits per heavy atom. The summed E-state index contributed by atoms with van der Waals surface area (Å²) < 4.78 is 5.42. The van der Waals surface area contributed by atoms with Crippen molar-refractivity contribution < 1.29 is 14.3 Å². The third-order valence-electron chi connectivity index (χ3n) is 4.68. The number of rotatable bonds is 3. The SMILES string of the molecule is CC(C)(C)OC(=O)N1CC(C=O)C(CC2CCCCC2)C1. The van der Waals surface area contributed by atoms with Gasteiger partial charge in [-0.05, 0) is 39.0 Å². The smallest absolute Gasteiger partial charge is 0.410 e. The molecule has 0 aromatic heterocycles. The van der Waals surface area contributed by atoms with Gasteiger partial charge in [-0.1, -0.05) is 32.1 Å². The molecule has 4 nitrogen and oxygen atoms in total. The maximum absolute atomic E-state index is 12.1. The fraction of sp³-hybridized carbons (Fsp3) is 0.882. The first-order valence-electron chi connectivity index (χ1n) is 8.32. The topological polar surface area (TPSA) is 46.6 Å². The quantitative estimate of drug-likeness (QED) is 0.747. The van der Waals surface area contributed by atoms with E-state index in [1.165, 1.54) is 32.1 Å². The average Bonchev–Trinajstić information content (AvgIpc) is 2.81. The predicted octanol–water partition coefficient (Wildman–Crippen LogP) is 3.64. The maximum Gasteiger partial charge on any atom is 0.410 e. The van der Waals surface area contributed by atoms with Crippen molar-refractivity contribution in [2.24, 2.45) is 17.8 Å². The van der Waals surface area contributed by atoms with E-state index in [-0.39, 0.29) is 12.0 Å². The van der Waals surface area contributed by atoms with Crippen LogP contribution < -0.4 is 0 Å². The van der Waals surface area contributed by atoms with Crippen molar-refractivity contribution in [2.45, 2.75) is 64.9 Å². The lowest BCUT2D eigenvalue weighted by atomic mass is 9.80. The molecule has 21 heavy (non-hydrogen) atoms. The Hall–Kier alpha value is -1.06. The van der Waals surface area contributed by atoms with Crippen molar-refractivity contribution in [1.29, 1.82) is 0 Å². The van der Waals surface area contributed by atoms with Gasteiger partial charge in [0.15, 0.2) is 0 Å². The number of ether oxygens (including phenoxy) is 1. The van der Waals surface area contributed by atoms with Gasteiger partial charge in [-0.2, -0.15) is 0 Å². The van der Waals surface area contributed by atoms with E-state index < -0.39 is 5.60 Å². The van der Waals surface area contributed by atoms with Crippen LogP contribution in [0.15, 0.2) is 0 Å². The number of likely N-dealkylation sites (tertiary alicyclic amines) is 1. The second-order valence-corrected chi connectivity index (χ2v) is 7.69. The first-order valence-corrected chi connectivity index (χ1v) is 8.32. The summed E-state index contributed by atoms with van der Waals surface area (Å²) >= 11 is 0. The molecule has 120 valence electrons. The van der Waals surface area contributed by atoms with Gasteiger partial charge in [0, 0.05) is 19.0 Å². The first kappa shape index (κ1) is 16.3. The highest BCUT2D eigenvalue weighted by Gasteiger charge is 2.38. The molecule has 2 aliphatic rings. The predicted molar refractivity (Wildman–Crippen MR) is 82.0 cm³/mol. The molecule has 2 atom stereocenters. The highest BCUT2D eigenvalue weighted by Crippen LogP contribution is 2.34. The van der Waals surface area contributed by atoms with E-state index in [1.54, 1.807) is 4.90 Å². The second-order valence-electron chi connectivity index (χ2n) is 7.69. The van der Waals surface area contributed by atoms with Crippen molar-refractivity contribution in [2.75, 3.05) is 13.1 Å². The molecule has 2 fully saturated rings. The van der Waals surface area contributed by atoms with E-state index in [2.05, 4.69) is 0 Å². The number of amides is 1. The van der Waals surface area contributed by atoms with Crippen LogP contribution in [-0.2, 0) is 9.53 Å². The van der Waals surface area contributed by atoms with Crippen LogP contribution in [-0.4, -0.2) is 36.0 Å². The third kappa shape index (κ3) is 4.72. The molecule has 1 heterocycles. The van der Waals surface area contributed by atoms with Gasteiger partial charge >= 0.3 is 6.09 Å². The van der Waals surface area contributed by atoms with Crippen LogP contribution >= 0.6 is 0 Å². The zero-order valence-corrected chi connectivity index (χ0v) is 13.6. The van der Waals surface area contributed by atoms with Gasteiger partial charge in [-0.25, -0.2) is 4.79 Å². The summed E-state index contributed by atoms with van der Waals surface area (Å²) in [5.41, 5.74) is -0.477. The highest BCUT2D eigenvalue weighted by atomic mass is 16.6. The van der Waals surface area contributed by atoms with E-state index in [0.717, 1.165) is 18.6 Å². The summed E-state index contributed by atoms with van der Waals surface area (Å²) in [4.78, 5) is 25.2. The molecule has 0 radical (unpaired) electrons. The molecule has 2 unspecified atom stereocenters. The van der Waals surface area contributed by atoms with Crippen LogP contribution in [0.4, 0.5) is 4.79 Å². The summed E-state index contributed by atoms with van der Waals surface area (Å²) in [6.07, 6.45) is 8.41. The zero-order chi connectivity index (χ0) is 15.5. The molecular weight excluding hydrogens is 266 g/mol. The number of hydrogen-bond acceptors (Lipinski definition) is 3. The normalized spacial score (nSPS) is 27.7. The Labute approximate surface area is 128 Å². The fourth-order valence-electron chi connectivity index (χ4n) is 3.63. The van der Waals surface area contributed by atoms with E-state index in [0.29, 0.717) is 19.0 Å². The van der Waals surface area contributed by atoms with Gasteiger partial charge in [0.25, 0.3) is 0 Å². The van der Waals surface area contributed by atoms with Gasteiger partial charge in [-0.15, -0.1) is 0 Å². The summed E-state index contributed by atoms with van der Waals surface area (Å²) in [5, 5.41) is 0.